The summed E-state index contributed by atoms with van der Waals surface area (Å²) in [4.78, 5) is 29.0. The van der Waals surface area contributed by atoms with Crippen molar-refractivity contribution in [2.24, 2.45) is 0 Å². The lowest BCUT2D eigenvalue weighted by molar-refractivity contribution is -0.392. The first kappa shape index (κ1) is 16.9. The van der Waals surface area contributed by atoms with Crippen molar-refractivity contribution in [3.8, 4) is 0 Å². The molecule has 0 atom stereocenters. The van der Waals surface area contributed by atoms with E-state index in [1.54, 1.807) is 9.13 Å². The summed E-state index contributed by atoms with van der Waals surface area (Å²) in [6.45, 7) is 4.55. The number of rotatable bonds is 8. The Hall–Kier alpha value is -2.43. The fraction of sp³-hybridized carbons (Fsp3) is 0.500. The molecule has 2 heterocycles. The Morgan fingerprint density at radius 3 is 1.65 bits per heavy atom. The molecule has 0 fully saturated rings. The number of hydrogen-bond acceptors (Lipinski definition) is 7. The first-order valence-electron chi connectivity index (χ1n) is 6.94. The van der Waals surface area contributed by atoms with Crippen LogP contribution in [0.3, 0.4) is 0 Å². The van der Waals surface area contributed by atoms with Crippen molar-refractivity contribution in [3.63, 3.8) is 0 Å². The molecule has 0 aliphatic carbocycles. The van der Waals surface area contributed by atoms with Crippen LogP contribution in [-0.2, 0) is 24.6 Å². The van der Waals surface area contributed by atoms with Gasteiger partial charge in [-0.15, -0.1) is 11.8 Å². The van der Waals surface area contributed by atoms with Crippen LogP contribution in [0.15, 0.2) is 12.4 Å². The first-order chi connectivity index (χ1) is 11.0. The maximum Gasteiger partial charge on any atom is 0.342 e. The third-order valence-electron chi connectivity index (χ3n) is 3.30. The summed E-state index contributed by atoms with van der Waals surface area (Å²) < 4.78 is 3.09. The van der Waals surface area contributed by atoms with Crippen LogP contribution in [0.2, 0.25) is 0 Å². The van der Waals surface area contributed by atoms with Gasteiger partial charge in [-0.2, -0.15) is 0 Å². The maximum absolute atomic E-state index is 10.9. The minimum Gasteiger partial charge on any atom is -0.358 e. The van der Waals surface area contributed by atoms with E-state index in [9.17, 15) is 20.2 Å². The number of hydrogen-bond donors (Lipinski definition) is 0. The zero-order chi connectivity index (χ0) is 17.0. The van der Waals surface area contributed by atoms with Gasteiger partial charge in [0, 0.05) is 0 Å². The molecule has 0 spiro atoms. The highest BCUT2D eigenvalue weighted by atomic mass is 32.2. The van der Waals surface area contributed by atoms with Crippen LogP contribution in [0.1, 0.15) is 25.5 Å². The predicted molar refractivity (Wildman–Crippen MR) is 84.1 cm³/mol. The third-order valence-corrected chi connectivity index (χ3v) is 4.23. The van der Waals surface area contributed by atoms with Gasteiger partial charge < -0.3 is 20.2 Å². The summed E-state index contributed by atoms with van der Waals surface area (Å²) in [5.74, 6) is 2.07. The second-order valence-corrected chi connectivity index (χ2v) is 5.55. The molecule has 0 saturated carbocycles. The molecule has 0 amide bonds. The van der Waals surface area contributed by atoms with E-state index in [1.807, 2.05) is 13.8 Å². The normalized spacial score (nSPS) is 10.9. The molecule has 0 N–H and O–H groups in total. The molecule has 2 rings (SSSR count). The SMILES string of the molecule is CCn1c([N+](=O)[O-])cnc1CSCc1ncc([N+](=O)[O-])n1CC. The number of aromatic nitrogens is 4. The second-order valence-electron chi connectivity index (χ2n) is 4.56. The minimum atomic E-state index is -0.460. The number of nitro groups is 2. The fourth-order valence-corrected chi connectivity index (χ4v) is 3.18. The highest BCUT2D eigenvalue weighted by Gasteiger charge is 2.21. The van der Waals surface area contributed by atoms with E-state index in [2.05, 4.69) is 9.97 Å². The van der Waals surface area contributed by atoms with Gasteiger partial charge in [-0.25, -0.2) is 19.1 Å². The quantitative estimate of drug-likeness (QED) is 0.534. The Balaban J connectivity index is 2.06. The molecule has 2 aromatic rings. The molecule has 23 heavy (non-hydrogen) atoms. The molecule has 0 radical (unpaired) electrons. The van der Waals surface area contributed by atoms with Gasteiger partial charge in [0.15, 0.2) is 0 Å². The van der Waals surface area contributed by atoms with Crippen LogP contribution < -0.4 is 0 Å². The Labute approximate surface area is 135 Å². The van der Waals surface area contributed by atoms with Crippen molar-refractivity contribution < 1.29 is 9.85 Å². The van der Waals surface area contributed by atoms with Crippen LogP contribution in [0, 0.1) is 20.2 Å². The Morgan fingerprint density at radius 2 is 1.35 bits per heavy atom. The van der Waals surface area contributed by atoms with Gasteiger partial charge in [0.25, 0.3) is 0 Å². The van der Waals surface area contributed by atoms with Crippen molar-refractivity contribution in [3.05, 3.63) is 44.3 Å². The van der Waals surface area contributed by atoms with Crippen LogP contribution in [0.4, 0.5) is 11.6 Å². The summed E-state index contributed by atoms with van der Waals surface area (Å²) in [6, 6.07) is 0. The summed E-state index contributed by atoms with van der Waals surface area (Å²) in [6.07, 6.45) is 2.49. The van der Waals surface area contributed by atoms with Crippen molar-refractivity contribution in [1.82, 2.24) is 19.1 Å². The summed E-state index contributed by atoms with van der Waals surface area (Å²) in [5, 5.41) is 21.8. The van der Waals surface area contributed by atoms with Crippen molar-refractivity contribution in [2.45, 2.75) is 38.4 Å². The van der Waals surface area contributed by atoms with E-state index in [4.69, 9.17) is 0 Å². The minimum absolute atomic E-state index is 0.0335. The van der Waals surface area contributed by atoms with Gasteiger partial charge in [0.1, 0.15) is 12.4 Å². The predicted octanol–water partition coefficient (Wildman–Crippen LogP) is 2.37. The van der Waals surface area contributed by atoms with Gasteiger partial charge in [0.05, 0.1) is 24.6 Å². The molecule has 0 aliphatic rings. The van der Waals surface area contributed by atoms with Gasteiger partial charge in [-0.05, 0) is 23.7 Å². The monoisotopic (exact) mass is 340 g/mol. The van der Waals surface area contributed by atoms with Crippen LogP contribution in [-0.4, -0.2) is 28.9 Å². The van der Waals surface area contributed by atoms with Gasteiger partial charge >= 0.3 is 11.6 Å². The topological polar surface area (TPSA) is 122 Å². The second kappa shape index (κ2) is 7.22. The van der Waals surface area contributed by atoms with E-state index in [-0.39, 0.29) is 11.6 Å². The zero-order valence-electron chi connectivity index (χ0n) is 12.7. The van der Waals surface area contributed by atoms with Gasteiger partial charge in [-0.1, -0.05) is 0 Å². The summed E-state index contributed by atoms with van der Waals surface area (Å²) in [7, 11) is 0. The summed E-state index contributed by atoms with van der Waals surface area (Å²) >= 11 is 1.46. The van der Waals surface area contributed by atoms with E-state index in [0.29, 0.717) is 36.2 Å². The molecule has 0 unspecified atom stereocenters. The van der Waals surface area contributed by atoms with Crippen LogP contribution in [0.25, 0.3) is 0 Å². The molecule has 0 bridgehead atoms. The van der Waals surface area contributed by atoms with E-state index >= 15 is 0 Å². The zero-order valence-corrected chi connectivity index (χ0v) is 13.5. The highest BCUT2D eigenvalue weighted by molar-refractivity contribution is 7.97. The Kier molecular flexibility index (Phi) is 5.32. The van der Waals surface area contributed by atoms with Crippen LogP contribution in [0.5, 0.6) is 0 Å². The van der Waals surface area contributed by atoms with E-state index < -0.39 is 9.85 Å². The largest absolute Gasteiger partial charge is 0.358 e. The lowest BCUT2D eigenvalue weighted by atomic mass is 10.6. The van der Waals surface area contributed by atoms with E-state index in [0.717, 1.165) is 0 Å². The van der Waals surface area contributed by atoms with Gasteiger partial charge in [-0.3, -0.25) is 0 Å². The average Bonchev–Trinajstić information content (AvgIpc) is 3.10. The van der Waals surface area contributed by atoms with Crippen LogP contribution >= 0.6 is 11.8 Å². The standard InChI is InChI=1S/C12H16N6O4S/c1-3-15-9(13-5-11(15)17(19)20)7-23-8-10-14-6-12(18(21)22)16(10)4-2/h5-6H,3-4,7-8H2,1-2H3. The lowest BCUT2D eigenvalue weighted by Crippen LogP contribution is -2.06. The molecule has 11 heteroatoms. The first-order valence-corrected chi connectivity index (χ1v) is 8.10. The molecular formula is C12H16N6O4S. The van der Waals surface area contributed by atoms with Crippen molar-refractivity contribution in [2.75, 3.05) is 0 Å². The fourth-order valence-electron chi connectivity index (χ4n) is 2.25. The van der Waals surface area contributed by atoms with E-state index in [1.165, 1.54) is 24.2 Å². The molecule has 0 saturated heterocycles. The molecule has 10 nitrogen and oxygen atoms in total. The van der Waals surface area contributed by atoms with Crippen molar-refractivity contribution in [1.29, 1.82) is 0 Å². The number of imidazole rings is 2. The lowest BCUT2D eigenvalue weighted by Gasteiger charge is -2.03. The maximum atomic E-state index is 10.9. The van der Waals surface area contributed by atoms with Crippen molar-refractivity contribution >= 4 is 23.4 Å². The smallest absolute Gasteiger partial charge is 0.342 e. The molecule has 124 valence electrons. The summed E-state index contributed by atoms with van der Waals surface area (Å²) in [5.41, 5.74) is 0. The average molecular weight is 340 g/mol. The van der Waals surface area contributed by atoms with Gasteiger partial charge in [0.2, 0.25) is 11.6 Å². The number of nitrogens with zero attached hydrogens (tertiary/aromatic N) is 6. The highest BCUT2D eigenvalue weighted by Crippen LogP contribution is 2.23. The number of thioether (sulfide) groups is 1. The molecule has 0 aliphatic heterocycles. The molecule has 2 aromatic heterocycles. The third kappa shape index (κ3) is 3.50. The molecular weight excluding hydrogens is 324 g/mol. The Bertz CT molecular complexity index is 665. The Morgan fingerprint density at radius 1 is 0.957 bits per heavy atom. The molecule has 0 aromatic carbocycles.